The van der Waals surface area contributed by atoms with Gasteiger partial charge in [0.2, 0.25) is 0 Å². The smallest absolute Gasteiger partial charge is 0.191 e. The zero-order chi connectivity index (χ0) is 21.9. The molecule has 174 valence electrons. The van der Waals surface area contributed by atoms with Gasteiger partial charge >= 0.3 is 0 Å². The SMILES string of the molecule is CCOCCC1(CNC(=NC)NCC(c2ccc(F)cc2)N2CCOCC2)CCCC1. The van der Waals surface area contributed by atoms with Crippen LogP contribution in [0.5, 0.6) is 0 Å². The van der Waals surface area contributed by atoms with E-state index in [1.807, 2.05) is 19.2 Å². The number of hydrogen-bond donors (Lipinski definition) is 2. The van der Waals surface area contributed by atoms with Crippen molar-refractivity contribution < 1.29 is 13.9 Å². The predicted octanol–water partition coefficient (Wildman–Crippen LogP) is 3.35. The van der Waals surface area contributed by atoms with E-state index in [0.29, 0.717) is 12.0 Å². The number of ether oxygens (including phenoxy) is 2. The molecule has 7 heteroatoms. The van der Waals surface area contributed by atoms with Crippen LogP contribution in [-0.4, -0.2) is 70.5 Å². The maximum Gasteiger partial charge on any atom is 0.191 e. The largest absolute Gasteiger partial charge is 0.382 e. The topological polar surface area (TPSA) is 58.1 Å². The summed E-state index contributed by atoms with van der Waals surface area (Å²) in [4.78, 5) is 6.86. The molecule has 0 radical (unpaired) electrons. The van der Waals surface area contributed by atoms with Gasteiger partial charge in [-0.15, -0.1) is 0 Å². The normalized spacial score (nSPS) is 20.5. The monoisotopic (exact) mass is 434 g/mol. The summed E-state index contributed by atoms with van der Waals surface area (Å²) in [6.07, 6.45) is 6.18. The van der Waals surface area contributed by atoms with Crippen LogP contribution in [0.25, 0.3) is 0 Å². The Morgan fingerprint density at radius 1 is 1.19 bits per heavy atom. The van der Waals surface area contributed by atoms with Gasteiger partial charge in [0, 0.05) is 46.4 Å². The molecule has 1 aromatic rings. The Balaban J connectivity index is 1.59. The zero-order valence-corrected chi connectivity index (χ0v) is 19.2. The molecular weight excluding hydrogens is 395 g/mol. The fourth-order valence-corrected chi connectivity index (χ4v) is 4.79. The number of rotatable bonds is 10. The van der Waals surface area contributed by atoms with E-state index in [9.17, 15) is 4.39 Å². The van der Waals surface area contributed by atoms with Crippen molar-refractivity contribution in [2.24, 2.45) is 10.4 Å². The molecule has 0 spiro atoms. The predicted molar refractivity (Wildman–Crippen MR) is 123 cm³/mol. The van der Waals surface area contributed by atoms with Gasteiger partial charge in [-0.25, -0.2) is 4.39 Å². The molecule has 1 saturated carbocycles. The van der Waals surface area contributed by atoms with Crippen LogP contribution >= 0.6 is 0 Å². The van der Waals surface area contributed by atoms with Crippen LogP contribution in [0, 0.1) is 11.2 Å². The minimum absolute atomic E-state index is 0.140. The first kappa shape index (κ1) is 24.0. The van der Waals surface area contributed by atoms with Gasteiger partial charge in [0.1, 0.15) is 5.82 Å². The van der Waals surface area contributed by atoms with Crippen LogP contribution in [0.2, 0.25) is 0 Å². The minimum atomic E-state index is -0.205. The number of nitrogens with one attached hydrogen (secondary N) is 2. The molecule has 6 nitrogen and oxygen atoms in total. The van der Waals surface area contributed by atoms with Gasteiger partial charge < -0.3 is 20.1 Å². The van der Waals surface area contributed by atoms with E-state index in [1.165, 1.54) is 37.8 Å². The highest BCUT2D eigenvalue weighted by Crippen LogP contribution is 2.40. The lowest BCUT2D eigenvalue weighted by Crippen LogP contribution is -2.48. The molecule has 1 heterocycles. The summed E-state index contributed by atoms with van der Waals surface area (Å²) < 4.78 is 24.6. The van der Waals surface area contributed by atoms with E-state index in [4.69, 9.17) is 9.47 Å². The Bertz CT molecular complexity index is 671. The third kappa shape index (κ3) is 7.16. The second kappa shape index (κ2) is 12.4. The van der Waals surface area contributed by atoms with Crippen LogP contribution in [0.15, 0.2) is 29.3 Å². The van der Waals surface area contributed by atoms with Crippen LogP contribution < -0.4 is 10.6 Å². The van der Waals surface area contributed by atoms with Gasteiger partial charge in [-0.05, 0) is 49.3 Å². The van der Waals surface area contributed by atoms with E-state index in [1.54, 1.807) is 0 Å². The molecule has 3 rings (SSSR count). The highest BCUT2D eigenvalue weighted by atomic mass is 19.1. The zero-order valence-electron chi connectivity index (χ0n) is 19.2. The van der Waals surface area contributed by atoms with E-state index < -0.39 is 0 Å². The van der Waals surface area contributed by atoms with Gasteiger partial charge in [-0.3, -0.25) is 9.89 Å². The highest BCUT2D eigenvalue weighted by Gasteiger charge is 2.33. The van der Waals surface area contributed by atoms with E-state index in [2.05, 4.69) is 27.4 Å². The number of morpholine rings is 1. The third-order valence-corrected chi connectivity index (χ3v) is 6.70. The summed E-state index contributed by atoms with van der Waals surface area (Å²) in [5, 5.41) is 7.10. The summed E-state index contributed by atoms with van der Waals surface area (Å²) >= 11 is 0. The molecule has 1 atom stereocenters. The first-order chi connectivity index (χ1) is 15.2. The molecule has 1 aliphatic heterocycles. The van der Waals surface area contributed by atoms with Crippen LogP contribution in [0.1, 0.15) is 50.6 Å². The second-order valence-electron chi connectivity index (χ2n) is 8.68. The number of halogens is 1. The average molecular weight is 435 g/mol. The summed E-state index contributed by atoms with van der Waals surface area (Å²) in [5.74, 6) is 0.617. The Hall–Kier alpha value is -1.70. The summed E-state index contributed by atoms with van der Waals surface area (Å²) in [5.41, 5.74) is 1.41. The quantitative estimate of drug-likeness (QED) is 0.336. The third-order valence-electron chi connectivity index (χ3n) is 6.70. The molecule has 1 unspecified atom stereocenters. The molecule has 0 amide bonds. The maximum atomic E-state index is 13.5. The lowest BCUT2D eigenvalue weighted by atomic mass is 9.83. The average Bonchev–Trinajstić information content (AvgIpc) is 3.27. The van der Waals surface area contributed by atoms with Crippen molar-refractivity contribution in [3.05, 3.63) is 35.6 Å². The molecule has 0 bridgehead atoms. The van der Waals surface area contributed by atoms with Crippen molar-refractivity contribution in [3.63, 3.8) is 0 Å². The van der Waals surface area contributed by atoms with E-state index in [-0.39, 0.29) is 11.9 Å². The van der Waals surface area contributed by atoms with Gasteiger partial charge in [0.15, 0.2) is 5.96 Å². The molecule has 31 heavy (non-hydrogen) atoms. The number of hydrogen-bond acceptors (Lipinski definition) is 4. The fourth-order valence-electron chi connectivity index (χ4n) is 4.79. The Labute approximate surface area is 186 Å². The molecule has 1 aromatic carbocycles. The van der Waals surface area contributed by atoms with Crippen molar-refractivity contribution in [2.75, 3.05) is 59.7 Å². The lowest BCUT2D eigenvalue weighted by molar-refractivity contribution is 0.0169. The molecule has 2 fully saturated rings. The molecule has 2 N–H and O–H groups in total. The second-order valence-corrected chi connectivity index (χ2v) is 8.68. The molecular formula is C24H39FN4O2. The minimum Gasteiger partial charge on any atom is -0.382 e. The number of benzene rings is 1. The molecule has 0 aromatic heterocycles. The summed E-state index contributed by atoms with van der Waals surface area (Å²) in [7, 11) is 1.82. The van der Waals surface area contributed by atoms with Gasteiger partial charge in [0.25, 0.3) is 0 Å². The van der Waals surface area contributed by atoms with Gasteiger partial charge in [0.05, 0.1) is 19.3 Å². The Morgan fingerprint density at radius 3 is 2.55 bits per heavy atom. The number of aliphatic imine (C=N–C) groups is 1. The van der Waals surface area contributed by atoms with Crippen LogP contribution in [0.3, 0.4) is 0 Å². The van der Waals surface area contributed by atoms with Crippen molar-refractivity contribution in [3.8, 4) is 0 Å². The maximum absolute atomic E-state index is 13.5. The fraction of sp³-hybridized carbons (Fsp3) is 0.708. The van der Waals surface area contributed by atoms with Crippen LogP contribution in [0.4, 0.5) is 4.39 Å². The Kier molecular flexibility index (Phi) is 9.55. The van der Waals surface area contributed by atoms with Gasteiger partial charge in [-0.2, -0.15) is 0 Å². The molecule has 1 saturated heterocycles. The van der Waals surface area contributed by atoms with Crippen LogP contribution in [-0.2, 0) is 9.47 Å². The van der Waals surface area contributed by atoms with Crippen molar-refractivity contribution in [2.45, 2.75) is 45.1 Å². The first-order valence-electron chi connectivity index (χ1n) is 11.8. The number of nitrogens with zero attached hydrogens (tertiary/aromatic N) is 2. The highest BCUT2D eigenvalue weighted by molar-refractivity contribution is 5.79. The van der Waals surface area contributed by atoms with Crippen molar-refractivity contribution in [1.82, 2.24) is 15.5 Å². The number of guanidine groups is 1. The lowest BCUT2D eigenvalue weighted by Gasteiger charge is -2.35. The van der Waals surface area contributed by atoms with Gasteiger partial charge in [-0.1, -0.05) is 25.0 Å². The Morgan fingerprint density at radius 2 is 1.90 bits per heavy atom. The van der Waals surface area contributed by atoms with Crippen molar-refractivity contribution in [1.29, 1.82) is 0 Å². The van der Waals surface area contributed by atoms with E-state index >= 15 is 0 Å². The standard InChI is InChI=1S/C24H39FN4O2/c1-3-30-15-12-24(10-4-5-11-24)19-28-23(26-2)27-18-22(29-13-16-31-17-14-29)20-6-8-21(25)9-7-20/h6-9,22H,3-5,10-19H2,1-2H3,(H2,26,27,28). The van der Waals surface area contributed by atoms with E-state index in [0.717, 1.165) is 64.0 Å². The summed E-state index contributed by atoms with van der Waals surface area (Å²) in [6.45, 7) is 8.48. The summed E-state index contributed by atoms with van der Waals surface area (Å²) in [6, 6.07) is 6.99. The molecule has 1 aliphatic carbocycles. The first-order valence-corrected chi connectivity index (χ1v) is 11.8. The van der Waals surface area contributed by atoms with Crippen molar-refractivity contribution >= 4 is 5.96 Å². The molecule has 2 aliphatic rings.